The van der Waals surface area contributed by atoms with Gasteiger partial charge in [0.1, 0.15) is 5.65 Å². The molecule has 2 aliphatic rings. The summed E-state index contributed by atoms with van der Waals surface area (Å²) in [5, 5.41) is 9.95. The van der Waals surface area contributed by atoms with Crippen LogP contribution in [0, 0.1) is 12.8 Å². The molecule has 7 nitrogen and oxygen atoms in total. The molecule has 2 atom stereocenters. The molecule has 2 fully saturated rings. The van der Waals surface area contributed by atoms with Gasteiger partial charge in [-0.2, -0.15) is 0 Å². The van der Waals surface area contributed by atoms with Crippen LogP contribution in [-0.4, -0.2) is 50.9 Å². The number of carboxylic acid groups (broad SMARTS) is 1. The van der Waals surface area contributed by atoms with Crippen LogP contribution in [0.15, 0.2) is 24.5 Å². The Balaban J connectivity index is 0.000000485. The third-order valence-corrected chi connectivity index (χ3v) is 4.35. The first-order valence-electron chi connectivity index (χ1n) is 7.63. The summed E-state index contributed by atoms with van der Waals surface area (Å²) in [6.45, 7) is 4.65. The minimum atomic E-state index is -0.250. The summed E-state index contributed by atoms with van der Waals surface area (Å²) >= 11 is 0. The molecule has 0 unspecified atom stereocenters. The van der Waals surface area contributed by atoms with Crippen LogP contribution < -0.4 is 5.32 Å². The second-order valence-corrected chi connectivity index (χ2v) is 6.14. The quantitative estimate of drug-likeness (QED) is 0.795. The second-order valence-electron chi connectivity index (χ2n) is 6.14. The number of hydrogen-bond acceptors (Lipinski definition) is 4. The first-order chi connectivity index (χ1) is 11.1. The predicted octanol–water partition coefficient (Wildman–Crippen LogP) is 0.664. The van der Waals surface area contributed by atoms with E-state index >= 15 is 0 Å². The number of likely N-dealkylation sites (tertiary alicyclic amines) is 1. The highest BCUT2D eigenvalue weighted by molar-refractivity contribution is 5.79. The summed E-state index contributed by atoms with van der Waals surface area (Å²) in [6.07, 6.45) is 4.89. The largest absolute Gasteiger partial charge is 0.483 e. The standard InChI is InChI=1S/C15H18N4O.CH2O2/c1-10-2-3-14-16-12(8-19(14)5-10)7-18-6-11-4-15(20)17-13(11)9-18;2-1-3/h2-3,5,8,11,13H,4,6-7,9H2,1H3,(H,17,20);1H,(H,2,3)/t11-,13+;/m0./s1. The first-order valence-corrected chi connectivity index (χ1v) is 7.63. The molecule has 2 N–H and O–H groups in total. The Hall–Kier alpha value is -2.41. The van der Waals surface area contributed by atoms with Crippen molar-refractivity contribution in [1.29, 1.82) is 0 Å². The van der Waals surface area contributed by atoms with Gasteiger partial charge in [-0.15, -0.1) is 0 Å². The molecule has 0 radical (unpaired) electrons. The van der Waals surface area contributed by atoms with Crippen LogP contribution in [0.25, 0.3) is 5.65 Å². The van der Waals surface area contributed by atoms with Gasteiger partial charge in [0.05, 0.1) is 5.69 Å². The van der Waals surface area contributed by atoms with Crippen LogP contribution in [-0.2, 0) is 16.1 Å². The molecule has 0 bridgehead atoms. The van der Waals surface area contributed by atoms with Gasteiger partial charge in [0, 0.05) is 50.4 Å². The number of carbonyl (C=O) groups excluding carboxylic acids is 1. The zero-order valence-corrected chi connectivity index (χ0v) is 13.0. The number of pyridine rings is 1. The fourth-order valence-corrected chi connectivity index (χ4v) is 3.42. The average molecular weight is 316 g/mol. The summed E-state index contributed by atoms with van der Waals surface area (Å²) in [5.41, 5.74) is 3.33. The molecule has 2 aromatic heterocycles. The molecule has 0 spiro atoms. The van der Waals surface area contributed by atoms with E-state index in [-0.39, 0.29) is 12.4 Å². The van der Waals surface area contributed by atoms with Crippen molar-refractivity contribution in [2.45, 2.75) is 25.9 Å². The van der Waals surface area contributed by atoms with E-state index in [0.29, 0.717) is 18.4 Å². The second kappa shape index (κ2) is 6.37. The molecule has 2 aliphatic heterocycles. The van der Waals surface area contributed by atoms with E-state index in [4.69, 9.17) is 9.90 Å². The van der Waals surface area contributed by atoms with E-state index in [9.17, 15) is 4.79 Å². The highest BCUT2D eigenvalue weighted by Gasteiger charge is 2.39. The Kier molecular flexibility index (Phi) is 4.29. The Morgan fingerprint density at radius 1 is 1.39 bits per heavy atom. The SMILES string of the molecule is Cc1ccc2nc(CN3C[C@@H]4CC(=O)N[C@@H]4C3)cn2c1.O=CO. The molecular formula is C16H20N4O3. The molecule has 0 aromatic carbocycles. The van der Waals surface area contributed by atoms with Crippen molar-refractivity contribution in [2.75, 3.05) is 13.1 Å². The zero-order chi connectivity index (χ0) is 16.4. The molecule has 2 saturated heterocycles. The van der Waals surface area contributed by atoms with Crippen LogP contribution in [0.4, 0.5) is 0 Å². The summed E-state index contributed by atoms with van der Waals surface area (Å²) in [7, 11) is 0. The maximum absolute atomic E-state index is 11.3. The van der Waals surface area contributed by atoms with Gasteiger partial charge in [0.15, 0.2) is 0 Å². The maximum Gasteiger partial charge on any atom is 0.290 e. The number of fused-ring (bicyclic) bond motifs is 2. The van der Waals surface area contributed by atoms with Gasteiger partial charge in [-0.25, -0.2) is 4.98 Å². The van der Waals surface area contributed by atoms with Gasteiger partial charge in [-0.05, 0) is 18.6 Å². The lowest BCUT2D eigenvalue weighted by Crippen LogP contribution is -2.32. The summed E-state index contributed by atoms with van der Waals surface area (Å²) in [4.78, 5) is 26.7. The number of nitrogens with one attached hydrogen (secondary N) is 1. The predicted molar refractivity (Wildman–Crippen MR) is 83.9 cm³/mol. The van der Waals surface area contributed by atoms with Gasteiger partial charge in [0.2, 0.25) is 5.91 Å². The zero-order valence-electron chi connectivity index (χ0n) is 13.0. The number of rotatable bonds is 2. The number of imidazole rings is 1. The van der Waals surface area contributed by atoms with E-state index in [1.54, 1.807) is 0 Å². The van der Waals surface area contributed by atoms with E-state index in [1.165, 1.54) is 5.56 Å². The van der Waals surface area contributed by atoms with Crippen molar-refractivity contribution in [2.24, 2.45) is 5.92 Å². The fraction of sp³-hybridized carbons (Fsp3) is 0.438. The van der Waals surface area contributed by atoms with Crippen molar-refractivity contribution < 1.29 is 14.7 Å². The number of nitrogens with zero attached hydrogens (tertiary/aromatic N) is 3. The topological polar surface area (TPSA) is 86.9 Å². The molecule has 2 aromatic rings. The lowest BCUT2D eigenvalue weighted by Gasteiger charge is -2.14. The highest BCUT2D eigenvalue weighted by atomic mass is 16.3. The third-order valence-electron chi connectivity index (χ3n) is 4.35. The third kappa shape index (κ3) is 3.34. The Bertz CT molecular complexity index is 711. The van der Waals surface area contributed by atoms with Crippen LogP contribution in [0.2, 0.25) is 0 Å². The Morgan fingerprint density at radius 2 is 2.17 bits per heavy atom. The van der Waals surface area contributed by atoms with Crippen LogP contribution in [0.5, 0.6) is 0 Å². The molecule has 4 heterocycles. The number of aromatic nitrogens is 2. The van der Waals surface area contributed by atoms with E-state index in [2.05, 4.69) is 51.1 Å². The summed E-state index contributed by atoms with van der Waals surface area (Å²) in [6, 6.07) is 4.49. The molecular weight excluding hydrogens is 296 g/mol. The van der Waals surface area contributed by atoms with Gasteiger partial charge in [-0.1, -0.05) is 6.07 Å². The molecule has 7 heteroatoms. The molecule has 4 rings (SSSR count). The van der Waals surface area contributed by atoms with Crippen molar-refractivity contribution in [3.05, 3.63) is 35.8 Å². The molecule has 122 valence electrons. The molecule has 0 aliphatic carbocycles. The highest BCUT2D eigenvalue weighted by Crippen LogP contribution is 2.26. The van der Waals surface area contributed by atoms with Crippen molar-refractivity contribution in [1.82, 2.24) is 19.6 Å². The number of amides is 1. The van der Waals surface area contributed by atoms with Crippen molar-refractivity contribution in [3.63, 3.8) is 0 Å². The number of aryl methyl sites for hydroxylation is 1. The lowest BCUT2D eigenvalue weighted by molar-refractivity contribution is -0.123. The van der Waals surface area contributed by atoms with Crippen LogP contribution in [0.1, 0.15) is 17.7 Å². The van der Waals surface area contributed by atoms with Gasteiger partial charge < -0.3 is 14.8 Å². The molecule has 0 saturated carbocycles. The number of hydrogen-bond donors (Lipinski definition) is 2. The lowest BCUT2D eigenvalue weighted by atomic mass is 10.1. The summed E-state index contributed by atoms with van der Waals surface area (Å²) in [5.74, 6) is 0.699. The maximum atomic E-state index is 11.3. The van der Waals surface area contributed by atoms with E-state index < -0.39 is 0 Å². The van der Waals surface area contributed by atoms with E-state index in [0.717, 1.165) is 31.0 Å². The number of carbonyl (C=O) groups is 2. The average Bonchev–Trinajstić information content (AvgIpc) is 3.11. The molecule has 1 amide bonds. The Labute approximate surface area is 133 Å². The minimum Gasteiger partial charge on any atom is -0.483 e. The first kappa shape index (κ1) is 15.5. The van der Waals surface area contributed by atoms with Crippen LogP contribution in [0.3, 0.4) is 0 Å². The molecule has 23 heavy (non-hydrogen) atoms. The van der Waals surface area contributed by atoms with Gasteiger partial charge >= 0.3 is 0 Å². The van der Waals surface area contributed by atoms with E-state index in [1.807, 2.05) is 0 Å². The van der Waals surface area contributed by atoms with Gasteiger partial charge in [0.25, 0.3) is 6.47 Å². The van der Waals surface area contributed by atoms with Gasteiger partial charge in [-0.3, -0.25) is 14.5 Å². The monoisotopic (exact) mass is 316 g/mol. The van der Waals surface area contributed by atoms with Crippen molar-refractivity contribution >= 4 is 18.0 Å². The summed E-state index contributed by atoms with van der Waals surface area (Å²) < 4.78 is 2.09. The minimum absolute atomic E-state index is 0.211. The van der Waals surface area contributed by atoms with Crippen molar-refractivity contribution in [3.8, 4) is 0 Å². The Morgan fingerprint density at radius 3 is 2.91 bits per heavy atom. The fourth-order valence-electron chi connectivity index (χ4n) is 3.42. The smallest absolute Gasteiger partial charge is 0.290 e. The van der Waals surface area contributed by atoms with Crippen LogP contribution >= 0.6 is 0 Å². The normalized spacial score (nSPS) is 23.3.